The standard InChI is InChI=1S/C18H24N2O2/c1-2-4-18-16(3-1)17(11-19-18)14-5-8-20(9-6-14)12-15-7-10-21-13-22-15/h1-4,11,14-15,19H,5-10,12-13H2/t15-/m0/s1. The summed E-state index contributed by atoms with van der Waals surface area (Å²) < 4.78 is 10.9. The fourth-order valence-corrected chi connectivity index (χ4v) is 3.79. The molecule has 1 atom stereocenters. The van der Waals surface area contributed by atoms with E-state index < -0.39 is 0 Å². The van der Waals surface area contributed by atoms with Crippen molar-refractivity contribution in [1.29, 1.82) is 0 Å². The van der Waals surface area contributed by atoms with Crippen LogP contribution in [0.25, 0.3) is 10.9 Å². The monoisotopic (exact) mass is 300 g/mol. The second-order valence-corrected chi connectivity index (χ2v) is 6.47. The van der Waals surface area contributed by atoms with E-state index in [4.69, 9.17) is 9.47 Å². The Morgan fingerprint density at radius 1 is 1.14 bits per heavy atom. The van der Waals surface area contributed by atoms with Gasteiger partial charge < -0.3 is 19.4 Å². The highest BCUT2D eigenvalue weighted by atomic mass is 16.7. The first-order valence-electron chi connectivity index (χ1n) is 8.38. The Labute approximate surface area is 131 Å². The van der Waals surface area contributed by atoms with Crippen molar-refractivity contribution in [1.82, 2.24) is 9.88 Å². The number of para-hydroxylation sites is 1. The number of hydrogen-bond acceptors (Lipinski definition) is 3. The van der Waals surface area contributed by atoms with Gasteiger partial charge in [-0.2, -0.15) is 0 Å². The van der Waals surface area contributed by atoms with Crippen LogP contribution in [0.15, 0.2) is 30.5 Å². The van der Waals surface area contributed by atoms with Gasteiger partial charge in [0.05, 0.1) is 12.7 Å². The van der Waals surface area contributed by atoms with Crippen LogP contribution >= 0.6 is 0 Å². The van der Waals surface area contributed by atoms with E-state index in [1.807, 2.05) is 0 Å². The molecule has 22 heavy (non-hydrogen) atoms. The zero-order valence-electron chi connectivity index (χ0n) is 13.0. The number of ether oxygens (including phenoxy) is 2. The molecule has 4 heteroatoms. The Balaban J connectivity index is 1.37. The molecule has 0 saturated carbocycles. The molecule has 3 heterocycles. The van der Waals surface area contributed by atoms with Gasteiger partial charge in [0.1, 0.15) is 6.79 Å². The molecule has 2 aliphatic heterocycles. The quantitative estimate of drug-likeness (QED) is 0.946. The lowest BCUT2D eigenvalue weighted by Crippen LogP contribution is -2.41. The highest BCUT2D eigenvalue weighted by Crippen LogP contribution is 2.33. The molecule has 0 bridgehead atoms. The minimum absolute atomic E-state index is 0.360. The molecule has 1 N–H and O–H groups in total. The van der Waals surface area contributed by atoms with Crippen LogP contribution in [-0.2, 0) is 9.47 Å². The minimum atomic E-state index is 0.360. The number of fused-ring (bicyclic) bond motifs is 1. The van der Waals surface area contributed by atoms with E-state index in [0.29, 0.717) is 18.8 Å². The molecule has 1 aromatic carbocycles. The fraction of sp³-hybridized carbons (Fsp3) is 0.556. The maximum atomic E-state index is 5.67. The number of rotatable bonds is 3. The number of aromatic amines is 1. The summed E-state index contributed by atoms with van der Waals surface area (Å²) in [5.41, 5.74) is 2.76. The average Bonchev–Trinajstić information content (AvgIpc) is 3.01. The molecular weight excluding hydrogens is 276 g/mol. The topological polar surface area (TPSA) is 37.5 Å². The molecule has 4 rings (SSSR count). The Bertz CT molecular complexity index is 610. The number of hydrogen-bond donors (Lipinski definition) is 1. The average molecular weight is 300 g/mol. The summed E-state index contributed by atoms with van der Waals surface area (Å²) in [6.45, 7) is 4.71. The van der Waals surface area contributed by atoms with Crippen LogP contribution in [0.3, 0.4) is 0 Å². The summed E-state index contributed by atoms with van der Waals surface area (Å²) in [5.74, 6) is 0.683. The van der Waals surface area contributed by atoms with Crippen molar-refractivity contribution < 1.29 is 9.47 Å². The number of aromatic nitrogens is 1. The summed E-state index contributed by atoms with van der Waals surface area (Å²) in [5, 5.41) is 1.40. The Morgan fingerprint density at radius 3 is 2.82 bits per heavy atom. The maximum absolute atomic E-state index is 5.67. The number of benzene rings is 1. The van der Waals surface area contributed by atoms with E-state index in [0.717, 1.165) is 19.6 Å². The molecule has 2 aliphatic rings. The van der Waals surface area contributed by atoms with Crippen LogP contribution in [0.5, 0.6) is 0 Å². The summed E-state index contributed by atoms with van der Waals surface area (Å²) in [4.78, 5) is 5.97. The third-order valence-electron chi connectivity index (χ3n) is 5.08. The van der Waals surface area contributed by atoms with E-state index in [1.165, 1.54) is 42.4 Å². The number of H-pyrrole nitrogens is 1. The van der Waals surface area contributed by atoms with Crippen LogP contribution in [0, 0.1) is 0 Å². The lowest BCUT2D eigenvalue weighted by atomic mass is 9.89. The van der Waals surface area contributed by atoms with Gasteiger partial charge in [-0.1, -0.05) is 18.2 Å². The van der Waals surface area contributed by atoms with Gasteiger partial charge in [-0.3, -0.25) is 0 Å². The third-order valence-corrected chi connectivity index (χ3v) is 5.08. The first-order valence-corrected chi connectivity index (χ1v) is 8.38. The van der Waals surface area contributed by atoms with Gasteiger partial charge in [0, 0.05) is 23.6 Å². The van der Waals surface area contributed by atoms with E-state index in [-0.39, 0.29) is 0 Å². The smallest absolute Gasteiger partial charge is 0.147 e. The fourth-order valence-electron chi connectivity index (χ4n) is 3.79. The number of nitrogens with one attached hydrogen (secondary N) is 1. The van der Waals surface area contributed by atoms with Gasteiger partial charge in [0.2, 0.25) is 0 Å². The van der Waals surface area contributed by atoms with Gasteiger partial charge in [-0.25, -0.2) is 0 Å². The lowest BCUT2D eigenvalue weighted by Gasteiger charge is -2.35. The molecule has 2 aromatic rings. The zero-order valence-corrected chi connectivity index (χ0v) is 13.0. The molecule has 2 fully saturated rings. The molecule has 0 spiro atoms. The normalized spacial score (nSPS) is 24.8. The third kappa shape index (κ3) is 2.91. The SMILES string of the molecule is c1ccc2c(C3CCN(C[C@@H]4CCOCO4)CC3)c[nH]c2c1. The second kappa shape index (κ2) is 6.41. The number of piperidine rings is 1. The Hall–Kier alpha value is -1.36. The molecule has 4 nitrogen and oxygen atoms in total. The minimum Gasteiger partial charge on any atom is -0.361 e. The van der Waals surface area contributed by atoms with Crippen LogP contribution in [0.2, 0.25) is 0 Å². The predicted octanol–water partition coefficient (Wildman–Crippen LogP) is 3.11. The van der Waals surface area contributed by atoms with Crippen LogP contribution in [0.1, 0.15) is 30.7 Å². The first-order chi connectivity index (χ1) is 10.9. The first kappa shape index (κ1) is 14.2. The zero-order chi connectivity index (χ0) is 14.8. The van der Waals surface area contributed by atoms with Gasteiger partial charge in [-0.15, -0.1) is 0 Å². The van der Waals surface area contributed by atoms with Crippen molar-refractivity contribution >= 4 is 10.9 Å². The van der Waals surface area contributed by atoms with Crippen LogP contribution in [-0.4, -0.2) is 49.0 Å². The highest BCUT2D eigenvalue weighted by molar-refractivity contribution is 5.83. The number of likely N-dealkylation sites (tertiary alicyclic amines) is 1. The summed E-state index contributed by atoms with van der Waals surface area (Å²) >= 11 is 0. The molecule has 1 aromatic heterocycles. The van der Waals surface area contributed by atoms with Gasteiger partial charge in [0.15, 0.2) is 0 Å². The molecule has 0 amide bonds. The van der Waals surface area contributed by atoms with Crippen molar-refractivity contribution in [3.05, 3.63) is 36.0 Å². The molecule has 2 saturated heterocycles. The molecule has 0 aliphatic carbocycles. The van der Waals surface area contributed by atoms with Gasteiger partial charge >= 0.3 is 0 Å². The van der Waals surface area contributed by atoms with Crippen LogP contribution < -0.4 is 0 Å². The highest BCUT2D eigenvalue weighted by Gasteiger charge is 2.25. The van der Waals surface area contributed by atoms with Crippen molar-refractivity contribution in [3.63, 3.8) is 0 Å². The molecule has 0 unspecified atom stereocenters. The lowest BCUT2D eigenvalue weighted by molar-refractivity contribution is -0.145. The van der Waals surface area contributed by atoms with E-state index in [1.54, 1.807) is 0 Å². The van der Waals surface area contributed by atoms with Crippen molar-refractivity contribution in [2.75, 3.05) is 33.0 Å². The molecule has 0 radical (unpaired) electrons. The number of nitrogens with zero attached hydrogens (tertiary/aromatic N) is 1. The summed E-state index contributed by atoms with van der Waals surface area (Å²) in [6, 6.07) is 8.64. The summed E-state index contributed by atoms with van der Waals surface area (Å²) in [7, 11) is 0. The Morgan fingerprint density at radius 2 is 2.00 bits per heavy atom. The van der Waals surface area contributed by atoms with Crippen molar-refractivity contribution in [3.8, 4) is 0 Å². The largest absolute Gasteiger partial charge is 0.361 e. The van der Waals surface area contributed by atoms with E-state index >= 15 is 0 Å². The van der Waals surface area contributed by atoms with Crippen LogP contribution in [0.4, 0.5) is 0 Å². The summed E-state index contributed by atoms with van der Waals surface area (Å²) in [6.07, 6.45) is 6.09. The van der Waals surface area contributed by atoms with Gasteiger partial charge in [-0.05, 0) is 49.9 Å². The molecule has 118 valence electrons. The molecular formula is C18H24N2O2. The van der Waals surface area contributed by atoms with E-state index in [2.05, 4.69) is 40.3 Å². The van der Waals surface area contributed by atoms with Crippen molar-refractivity contribution in [2.45, 2.75) is 31.3 Å². The van der Waals surface area contributed by atoms with Crippen molar-refractivity contribution in [2.24, 2.45) is 0 Å². The van der Waals surface area contributed by atoms with E-state index in [9.17, 15) is 0 Å². The maximum Gasteiger partial charge on any atom is 0.147 e. The van der Waals surface area contributed by atoms with Gasteiger partial charge in [0.25, 0.3) is 0 Å². The second-order valence-electron chi connectivity index (χ2n) is 6.47. The Kier molecular flexibility index (Phi) is 4.15. The predicted molar refractivity (Wildman–Crippen MR) is 87.0 cm³/mol.